The second kappa shape index (κ2) is 6.12. The van der Waals surface area contributed by atoms with E-state index in [4.69, 9.17) is 6.57 Å². The molecule has 0 aliphatic carbocycles. The Bertz CT molecular complexity index is 903. The van der Waals surface area contributed by atoms with Crippen molar-refractivity contribution < 1.29 is 0 Å². The number of aromatic nitrogens is 2. The van der Waals surface area contributed by atoms with E-state index in [0.717, 1.165) is 24.8 Å². The highest BCUT2D eigenvalue weighted by Crippen LogP contribution is 2.34. The molecule has 5 heteroatoms. The normalized spacial score (nSPS) is 10.7. The third-order valence-corrected chi connectivity index (χ3v) is 4.73. The Kier molecular flexibility index (Phi) is 4.03. The lowest BCUT2D eigenvalue weighted by Crippen LogP contribution is -2.11. The van der Waals surface area contributed by atoms with E-state index >= 15 is 0 Å². The number of aryl methyl sites for hydroxylation is 3. The number of H-pyrrole nitrogens is 1. The maximum atomic E-state index is 12.2. The van der Waals surface area contributed by atoms with Crippen LogP contribution in [0, 0.1) is 13.5 Å². The van der Waals surface area contributed by atoms with E-state index in [9.17, 15) is 4.79 Å². The van der Waals surface area contributed by atoms with Crippen LogP contribution in [0.3, 0.4) is 0 Å². The molecular weight excluding hydrogens is 294 g/mol. The highest BCUT2D eigenvalue weighted by molar-refractivity contribution is 7.22. The number of fused-ring (bicyclic) bond motifs is 1. The van der Waals surface area contributed by atoms with Crippen LogP contribution < -0.4 is 5.56 Å². The van der Waals surface area contributed by atoms with E-state index in [0.29, 0.717) is 21.0 Å². The van der Waals surface area contributed by atoms with E-state index in [2.05, 4.69) is 26.9 Å². The predicted octanol–water partition coefficient (Wildman–Crippen LogP) is 4.02. The molecule has 0 unspecified atom stereocenters. The summed E-state index contributed by atoms with van der Waals surface area (Å²) >= 11 is 1.30. The Morgan fingerprint density at radius 3 is 2.77 bits per heavy atom. The van der Waals surface area contributed by atoms with Crippen LogP contribution in [0.4, 0.5) is 5.00 Å². The molecule has 1 aromatic carbocycles. The number of nitrogens with one attached hydrogen (secondary N) is 1. The first-order chi connectivity index (χ1) is 10.7. The molecule has 110 valence electrons. The second-order valence-corrected chi connectivity index (χ2v) is 6.15. The number of rotatable bonds is 4. The van der Waals surface area contributed by atoms with Gasteiger partial charge in [0, 0.05) is 6.42 Å². The van der Waals surface area contributed by atoms with Gasteiger partial charge in [-0.15, -0.1) is 11.3 Å². The van der Waals surface area contributed by atoms with Gasteiger partial charge in [0.2, 0.25) is 5.00 Å². The molecule has 0 amide bonds. The largest absolute Gasteiger partial charge is 0.310 e. The average Bonchev–Trinajstić information content (AvgIpc) is 2.85. The Balaban J connectivity index is 1.80. The molecule has 0 saturated heterocycles. The molecule has 0 radical (unpaired) electrons. The maximum absolute atomic E-state index is 12.2. The predicted molar refractivity (Wildman–Crippen MR) is 89.7 cm³/mol. The lowest BCUT2D eigenvalue weighted by atomic mass is 10.1. The minimum Gasteiger partial charge on any atom is -0.310 e. The maximum Gasteiger partial charge on any atom is 0.258 e. The number of hydrogen-bond donors (Lipinski definition) is 1. The molecule has 0 spiro atoms. The van der Waals surface area contributed by atoms with Gasteiger partial charge >= 0.3 is 0 Å². The summed E-state index contributed by atoms with van der Waals surface area (Å²) in [4.78, 5) is 23.7. The van der Waals surface area contributed by atoms with Gasteiger partial charge in [-0.25, -0.2) is 9.83 Å². The third-order valence-electron chi connectivity index (χ3n) is 3.65. The lowest BCUT2D eigenvalue weighted by Gasteiger charge is -2.02. The molecule has 2 aromatic heterocycles. The molecule has 2 heterocycles. The topological polar surface area (TPSA) is 50.1 Å². The molecule has 3 aromatic rings. The van der Waals surface area contributed by atoms with Crippen LogP contribution in [-0.4, -0.2) is 9.97 Å². The van der Waals surface area contributed by atoms with Gasteiger partial charge in [-0.05, 0) is 30.9 Å². The number of benzene rings is 1. The summed E-state index contributed by atoms with van der Waals surface area (Å²) in [5.41, 5.74) is 1.89. The highest BCUT2D eigenvalue weighted by Gasteiger charge is 2.13. The fourth-order valence-corrected chi connectivity index (χ4v) is 3.49. The summed E-state index contributed by atoms with van der Waals surface area (Å²) in [5, 5.41) is 1.11. The first kappa shape index (κ1) is 14.5. The zero-order valence-corrected chi connectivity index (χ0v) is 13.0. The van der Waals surface area contributed by atoms with Gasteiger partial charge in [0.25, 0.3) is 5.56 Å². The van der Waals surface area contributed by atoms with Crippen LogP contribution in [0.5, 0.6) is 0 Å². The van der Waals surface area contributed by atoms with Crippen molar-refractivity contribution in [3.63, 3.8) is 0 Å². The van der Waals surface area contributed by atoms with E-state index < -0.39 is 0 Å². The van der Waals surface area contributed by atoms with Crippen LogP contribution in [-0.2, 0) is 12.8 Å². The van der Waals surface area contributed by atoms with Crippen LogP contribution in [0.1, 0.15) is 23.4 Å². The fraction of sp³-hybridized carbons (Fsp3) is 0.235. The summed E-state index contributed by atoms with van der Waals surface area (Å²) in [6.45, 7) is 8.95. The number of thiophene rings is 1. The van der Waals surface area contributed by atoms with E-state index in [1.807, 2.05) is 18.2 Å². The Morgan fingerprint density at radius 1 is 1.27 bits per heavy atom. The lowest BCUT2D eigenvalue weighted by molar-refractivity contribution is 0.773. The summed E-state index contributed by atoms with van der Waals surface area (Å²) in [6, 6.07) is 10.3. The van der Waals surface area contributed by atoms with Crippen molar-refractivity contribution in [2.24, 2.45) is 0 Å². The van der Waals surface area contributed by atoms with Crippen LogP contribution in [0.15, 0.2) is 35.1 Å². The van der Waals surface area contributed by atoms with Crippen molar-refractivity contribution in [3.05, 3.63) is 69.1 Å². The molecule has 0 fully saturated rings. The average molecular weight is 309 g/mol. The molecule has 22 heavy (non-hydrogen) atoms. The summed E-state index contributed by atoms with van der Waals surface area (Å²) in [5.74, 6) is 0.700. The zero-order chi connectivity index (χ0) is 15.5. The molecule has 0 aliphatic heterocycles. The van der Waals surface area contributed by atoms with Crippen LogP contribution in [0.25, 0.3) is 15.1 Å². The Hall–Kier alpha value is -2.45. The van der Waals surface area contributed by atoms with Crippen LogP contribution >= 0.6 is 11.3 Å². The second-order valence-electron chi connectivity index (χ2n) is 5.18. The van der Waals surface area contributed by atoms with Crippen molar-refractivity contribution in [3.8, 4) is 0 Å². The quantitative estimate of drug-likeness (QED) is 0.740. The molecule has 0 aliphatic rings. The molecule has 0 saturated carbocycles. The Labute approximate surface area is 132 Å². The zero-order valence-electron chi connectivity index (χ0n) is 12.2. The summed E-state index contributed by atoms with van der Waals surface area (Å²) in [7, 11) is 0. The molecular formula is C17H15N3OS. The SMILES string of the molecule is [C-]#[N+]c1sc2nc(CCCc3ccccc3)[nH]c(=O)c2c1C. The molecule has 4 nitrogen and oxygen atoms in total. The molecule has 0 atom stereocenters. The van der Waals surface area contributed by atoms with Crippen molar-refractivity contribution in [2.75, 3.05) is 0 Å². The fourth-order valence-electron chi connectivity index (χ4n) is 2.51. The standard InChI is InChI=1S/C17H15N3OS/c1-11-14-15(21)19-13(20-17(14)22-16(11)18-2)10-6-9-12-7-4-3-5-8-12/h3-5,7-8H,6,9-10H2,1H3,(H,19,20,21). The Morgan fingerprint density at radius 2 is 2.05 bits per heavy atom. The van der Waals surface area contributed by atoms with E-state index in [-0.39, 0.29) is 5.56 Å². The van der Waals surface area contributed by atoms with E-state index in [1.165, 1.54) is 16.9 Å². The van der Waals surface area contributed by atoms with Crippen molar-refractivity contribution in [1.82, 2.24) is 9.97 Å². The number of nitrogens with zero attached hydrogens (tertiary/aromatic N) is 2. The van der Waals surface area contributed by atoms with Crippen molar-refractivity contribution >= 4 is 26.6 Å². The molecule has 1 N–H and O–H groups in total. The van der Waals surface area contributed by atoms with Gasteiger partial charge in [0.05, 0.1) is 12.0 Å². The van der Waals surface area contributed by atoms with Crippen LogP contribution in [0.2, 0.25) is 0 Å². The minimum absolute atomic E-state index is 0.136. The first-order valence-electron chi connectivity index (χ1n) is 7.12. The first-order valence-corrected chi connectivity index (χ1v) is 7.94. The van der Waals surface area contributed by atoms with Gasteiger partial charge in [0.15, 0.2) is 0 Å². The van der Waals surface area contributed by atoms with Gasteiger partial charge in [-0.2, -0.15) is 0 Å². The van der Waals surface area contributed by atoms with Crippen molar-refractivity contribution in [2.45, 2.75) is 26.2 Å². The summed E-state index contributed by atoms with van der Waals surface area (Å²) in [6.07, 6.45) is 2.61. The van der Waals surface area contributed by atoms with E-state index in [1.54, 1.807) is 6.92 Å². The molecule has 3 rings (SSSR count). The minimum atomic E-state index is -0.136. The smallest absolute Gasteiger partial charge is 0.258 e. The van der Waals surface area contributed by atoms with Gasteiger partial charge < -0.3 is 4.98 Å². The number of hydrogen-bond acceptors (Lipinski definition) is 3. The van der Waals surface area contributed by atoms with Gasteiger partial charge in [0.1, 0.15) is 10.7 Å². The highest BCUT2D eigenvalue weighted by atomic mass is 32.1. The van der Waals surface area contributed by atoms with Gasteiger partial charge in [-0.1, -0.05) is 30.3 Å². The molecule has 0 bridgehead atoms. The number of aromatic amines is 1. The third kappa shape index (κ3) is 2.78. The van der Waals surface area contributed by atoms with Gasteiger partial charge in [-0.3, -0.25) is 4.79 Å². The monoisotopic (exact) mass is 309 g/mol. The summed E-state index contributed by atoms with van der Waals surface area (Å²) < 4.78 is 0. The van der Waals surface area contributed by atoms with Crippen molar-refractivity contribution in [1.29, 1.82) is 0 Å².